The summed E-state index contributed by atoms with van der Waals surface area (Å²) >= 11 is 5.10. The minimum atomic E-state index is -0.180. The van der Waals surface area contributed by atoms with Crippen molar-refractivity contribution in [2.75, 3.05) is 11.9 Å². The SMILES string of the molecule is CCCCC(=O)NC(=S)Nc1ccccc1C(=O)NCC. The monoisotopic (exact) mass is 307 g/mol. The molecule has 0 aliphatic rings. The summed E-state index contributed by atoms with van der Waals surface area (Å²) in [4.78, 5) is 23.5. The summed E-state index contributed by atoms with van der Waals surface area (Å²) in [6.07, 6.45) is 2.22. The van der Waals surface area contributed by atoms with Crippen LogP contribution in [0.1, 0.15) is 43.5 Å². The van der Waals surface area contributed by atoms with Crippen molar-refractivity contribution in [3.05, 3.63) is 29.8 Å². The van der Waals surface area contributed by atoms with Crippen LogP contribution in [0.3, 0.4) is 0 Å². The molecule has 0 saturated carbocycles. The van der Waals surface area contributed by atoms with Gasteiger partial charge in [0, 0.05) is 13.0 Å². The van der Waals surface area contributed by atoms with Crippen LogP contribution in [-0.2, 0) is 4.79 Å². The van der Waals surface area contributed by atoms with Crippen molar-refractivity contribution in [2.24, 2.45) is 0 Å². The van der Waals surface area contributed by atoms with Crippen LogP contribution in [0, 0.1) is 0 Å². The van der Waals surface area contributed by atoms with E-state index in [9.17, 15) is 9.59 Å². The molecule has 6 heteroatoms. The molecule has 21 heavy (non-hydrogen) atoms. The number of anilines is 1. The van der Waals surface area contributed by atoms with Gasteiger partial charge in [0.2, 0.25) is 5.91 Å². The first-order valence-corrected chi connectivity index (χ1v) is 7.47. The summed E-state index contributed by atoms with van der Waals surface area (Å²) in [6, 6.07) is 7.02. The van der Waals surface area contributed by atoms with Gasteiger partial charge in [-0.25, -0.2) is 0 Å². The quantitative estimate of drug-likeness (QED) is 0.706. The second kappa shape index (κ2) is 9.07. The number of carbonyl (C=O) groups is 2. The van der Waals surface area contributed by atoms with Crippen LogP contribution in [0.15, 0.2) is 24.3 Å². The third-order valence-corrected chi connectivity index (χ3v) is 2.97. The standard InChI is InChI=1S/C15H21N3O2S/c1-3-5-10-13(19)18-15(21)17-12-9-7-6-8-11(12)14(20)16-4-2/h6-9H,3-5,10H2,1-2H3,(H,16,20)(H2,17,18,19,21). The largest absolute Gasteiger partial charge is 0.352 e. The van der Waals surface area contributed by atoms with E-state index in [0.29, 0.717) is 24.2 Å². The van der Waals surface area contributed by atoms with Crippen molar-refractivity contribution in [3.8, 4) is 0 Å². The molecule has 0 aliphatic carbocycles. The molecular weight excluding hydrogens is 286 g/mol. The van der Waals surface area contributed by atoms with Crippen molar-refractivity contribution in [1.82, 2.24) is 10.6 Å². The molecule has 1 aromatic rings. The van der Waals surface area contributed by atoms with E-state index in [1.165, 1.54) is 0 Å². The van der Waals surface area contributed by atoms with Gasteiger partial charge in [0.05, 0.1) is 11.3 Å². The summed E-state index contributed by atoms with van der Waals surface area (Å²) in [5.74, 6) is -0.300. The molecule has 114 valence electrons. The van der Waals surface area contributed by atoms with Gasteiger partial charge in [-0.05, 0) is 37.7 Å². The van der Waals surface area contributed by atoms with Crippen molar-refractivity contribution >= 4 is 34.8 Å². The van der Waals surface area contributed by atoms with Gasteiger partial charge in [-0.15, -0.1) is 0 Å². The number of hydrogen-bond donors (Lipinski definition) is 3. The number of unbranched alkanes of at least 4 members (excludes halogenated alkanes) is 1. The predicted molar refractivity (Wildman–Crippen MR) is 88.3 cm³/mol. The highest BCUT2D eigenvalue weighted by Crippen LogP contribution is 2.14. The van der Waals surface area contributed by atoms with E-state index in [1.54, 1.807) is 24.3 Å². The molecule has 2 amide bonds. The number of amides is 2. The van der Waals surface area contributed by atoms with E-state index >= 15 is 0 Å². The van der Waals surface area contributed by atoms with Crippen LogP contribution in [0.2, 0.25) is 0 Å². The summed E-state index contributed by atoms with van der Waals surface area (Å²) in [5, 5.41) is 8.44. The van der Waals surface area contributed by atoms with Crippen LogP contribution >= 0.6 is 12.2 Å². The Bertz CT molecular complexity index is 517. The van der Waals surface area contributed by atoms with Crippen molar-refractivity contribution in [2.45, 2.75) is 33.1 Å². The summed E-state index contributed by atoms with van der Waals surface area (Å²) in [5.41, 5.74) is 1.06. The van der Waals surface area contributed by atoms with Gasteiger partial charge in [-0.2, -0.15) is 0 Å². The van der Waals surface area contributed by atoms with E-state index in [-0.39, 0.29) is 16.9 Å². The van der Waals surface area contributed by atoms with Gasteiger partial charge < -0.3 is 16.0 Å². The molecule has 5 nitrogen and oxygen atoms in total. The van der Waals surface area contributed by atoms with E-state index in [4.69, 9.17) is 12.2 Å². The average Bonchev–Trinajstić information content (AvgIpc) is 2.45. The molecule has 0 fully saturated rings. The lowest BCUT2D eigenvalue weighted by atomic mass is 10.1. The second-order valence-corrected chi connectivity index (χ2v) is 4.92. The number of rotatable bonds is 6. The number of hydrogen-bond acceptors (Lipinski definition) is 3. The van der Waals surface area contributed by atoms with E-state index < -0.39 is 0 Å². The Morgan fingerprint density at radius 3 is 2.57 bits per heavy atom. The molecule has 3 N–H and O–H groups in total. The minimum absolute atomic E-state index is 0.121. The lowest BCUT2D eigenvalue weighted by molar-refractivity contribution is -0.119. The molecule has 1 aromatic carbocycles. The molecule has 0 atom stereocenters. The third-order valence-electron chi connectivity index (χ3n) is 2.77. The highest BCUT2D eigenvalue weighted by Gasteiger charge is 2.11. The fraction of sp³-hybridized carbons (Fsp3) is 0.400. The lowest BCUT2D eigenvalue weighted by Gasteiger charge is -2.13. The van der Waals surface area contributed by atoms with Crippen LogP contribution in [0.25, 0.3) is 0 Å². The zero-order valence-electron chi connectivity index (χ0n) is 12.4. The van der Waals surface area contributed by atoms with E-state index in [1.807, 2.05) is 13.8 Å². The van der Waals surface area contributed by atoms with Gasteiger partial charge in [-0.3, -0.25) is 9.59 Å². The summed E-state index contributed by atoms with van der Waals surface area (Å²) in [7, 11) is 0. The number of carbonyl (C=O) groups excluding carboxylic acids is 2. The molecule has 0 saturated heterocycles. The Morgan fingerprint density at radius 1 is 1.19 bits per heavy atom. The molecule has 0 aromatic heterocycles. The first kappa shape index (κ1) is 17.1. The topological polar surface area (TPSA) is 70.2 Å². The number of thiocarbonyl (C=S) groups is 1. The van der Waals surface area contributed by atoms with Gasteiger partial charge in [-0.1, -0.05) is 25.5 Å². The molecule has 0 spiro atoms. The van der Waals surface area contributed by atoms with Gasteiger partial charge in [0.25, 0.3) is 5.91 Å². The summed E-state index contributed by atoms with van der Waals surface area (Å²) < 4.78 is 0. The zero-order valence-corrected chi connectivity index (χ0v) is 13.2. The normalized spacial score (nSPS) is 9.81. The maximum Gasteiger partial charge on any atom is 0.253 e. The van der Waals surface area contributed by atoms with Crippen molar-refractivity contribution in [3.63, 3.8) is 0 Å². The Hall–Kier alpha value is -1.95. The van der Waals surface area contributed by atoms with Crippen LogP contribution in [-0.4, -0.2) is 23.5 Å². The molecule has 0 heterocycles. The molecule has 0 unspecified atom stereocenters. The molecule has 0 aliphatic heterocycles. The van der Waals surface area contributed by atoms with Gasteiger partial charge in [0.1, 0.15) is 0 Å². The maximum atomic E-state index is 11.9. The molecule has 0 radical (unpaired) electrons. The first-order chi connectivity index (χ1) is 10.1. The molecular formula is C15H21N3O2S. The number of benzene rings is 1. The number of nitrogens with one attached hydrogen (secondary N) is 3. The smallest absolute Gasteiger partial charge is 0.253 e. The zero-order chi connectivity index (χ0) is 15.7. The average molecular weight is 307 g/mol. The maximum absolute atomic E-state index is 11.9. The van der Waals surface area contributed by atoms with E-state index in [2.05, 4.69) is 16.0 Å². The van der Waals surface area contributed by atoms with Crippen molar-refractivity contribution < 1.29 is 9.59 Å². The first-order valence-electron chi connectivity index (χ1n) is 7.06. The number of para-hydroxylation sites is 1. The van der Waals surface area contributed by atoms with Gasteiger partial charge in [0.15, 0.2) is 5.11 Å². The fourth-order valence-corrected chi connectivity index (χ4v) is 1.95. The lowest BCUT2D eigenvalue weighted by Crippen LogP contribution is -2.34. The Balaban J connectivity index is 2.68. The molecule has 1 rings (SSSR count). The van der Waals surface area contributed by atoms with Gasteiger partial charge >= 0.3 is 0 Å². The summed E-state index contributed by atoms with van der Waals surface area (Å²) in [6.45, 7) is 4.42. The van der Waals surface area contributed by atoms with E-state index in [0.717, 1.165) is 12.8 Å². The highest BCUT2D eigenvalue weighted by molar-refractivity contribution is 7.80. The van der Waals surface area contributed by atoms with Crippen molar-refractivity contribution in [1.29, 1.82) is 0 Å². The Morgan fingerprint density at radius 2 is 1.90 bits per heavy atom. The predicted octanol–water partition coefficient (Wildman–Crippen LogP) is 2.44. The van der Waals surface area contributed by atoms with Crippen LogP contribution in [0.5, 0.6) is 0 Å². The fourth-order valence-electron chi connectivity index (χ4n) is 1.73. The highest BCUT2D eigenvalue weighted by atomic mass is 32.1. The molecule has 0 bridgehead atoms. The minimum Gasteiger partial charge on any atom is -0.352 e. The Labute approximate surface area is 130 Å². The second-order valence-electron chi connectivity index (χ2n) is 4.51. The van der Waals surface area contributed by atoms with Crippen LogP contribution in [0.4, 0.5) is 5.69 Å². The Kier molecular flexibility index (Phi) is 7.39. The third kappa shape index (κ3) is 5.91. The van der Waals surface area contributed by atoms with Crippen LogP contribution < -0.4 is 16.0 Å².